The Morgan fingerprint density at radius 1 is 1.44 bits per heavy atom. The highest BCUT2D eigenvalue weighted by atomic mass is 32.1. The first-order valence-electron chi connectivity index (χ1n) is 7.75. The van der Waals surface area contributed by atoms with Crippen molar-refractivity contribution < 1.29 is 9.13 Å². The zero-order valence-corrected chi connectivity index (χ0v) is 14.1. The maximum Gasteiger partial charge on any atom is 0.269 e. The average molecular weight is 355 g/mol. The third-order valence-electron chi connectivity index (χ3n) is 3.90. The molecule has 0 amide bonds. The molecule has 0 saturated carbocycles. The molecule has 3 rings (SSSR count). The molecule has 0 aliphatic carbocycles. The number of ether oxygens (including phenoxy) is 1. The Morgan fingerprint density at radius 2 is 2.24 bits per heavy atom. The summed E-state index contributed by atoms with van der Waals surface area (Å²) in [7, 11) is 0. The van der Waals surface area contributed by atoms with Crippen LogP contribution in [0.2, 0.25) is 0 Å². The molecule has 5 nitrogen and oxygen atoms in total. The molecule has 0 bridgehead atoms. The summed E-state index contributed by atoms with van der Waals surface area (Å²) in [6, 6.07) is 9.57. The van der Waals surface area contributed by atoms with Crippen molar-refractivity contribution in [3.63, 3.8) is 0 Å². The van der Waals surface area contributed by atoms with Crippen LogP contribution in [0, 0.1) is 28.5 Å². The number of hydrogen-bond donors (Lipinski definition) is 0. The number of nitrogens with zero attached hydrogens (tertiary/aromatic N) is 3. The second kappa shape index (κ2) is 7.43. The van der Waals surface area contributed by atoms with E-state index in [0.717, 1.165) is 24.2 Å². The van der Waals surface area contributed by atoms with E-state index in [1.807, 2.05) is 12.1 Å². The van der Waals surface area contributed by atoms with Crippen molar-refractivity contribution in [2.75, 3.05) is 6.61 Å². The van der Waals surface area contributed by atoms with Crippen molar-refractivity contribution in [1.29, 1.82) is 10.5 Å². The van der Waals surface area contributed by atoms with Crippen molar-refractivity contribution >= 4 is 23.0 Å². The van der Waals surface area contributed by atoms with E-state index in [4.69, 9.17) is 4.74 Å². The summed E-state index contributed by atoms with van der Waals surface area (Å²) in [5.41, 5.74) is 0.131. The van der Waals surface area contributed by atoms with Gasteiger partial charge in [0.2, 0.25) is 0 Å². The molecule has 0 radical (unpaired) electrons. The Morgan fingerprint density at radius 3 is 2.88 bits per heavy atom. The molecule has 0 N–H and O–H groups in total. The summed E-state index contributed by atoms with van der Waals surface area (Å²) < 4.78 is 21.0. The van der Waals surface area contributed by atoms with E-state index in [-0.39, 0.29) is 17.2 Å². The predicted molar refractivity (Wildman–Crippen MR) is 91.4 cm³/mol. The molecule has 1 aliphatic heterocycles. The second-order valence-electron chi connectivity index (χ2n) is 5.62. The smallest absolute Gasteiger partial charge is 0.269 e. The lowest BCUT2D eigenvalue weighted by molar-refractivity contribution is 0.0959. The van der Waals surface area contributed by atoms with Crippen LogP contribution in [0.25, 0.3) is 11.6 Å². The molecule has 1 fully saturated rings. The standard InChI is InChI=1S/C18H14FN3O2S/c19-14-4-1-3-12(7-14)8-16-17(23)22(11-15-5-2-6-24-15)18(25-16)13(9-20)10-21/h1,3-4,7-8,15H,2,5-6,11H2. The highest BCUT2D eigenvalue weighted by Gasteiger charge is 2.19. The topological polar surface area (TPSA) is 78.8 Å². The molecule has 25 heavy (non-hydrogen) atoms. The van der Waals surface area contributed by atoms with E-state index < -0.39 is 5.82 Å². The van der Waals surface area contributed by atoms with Crippen LogP contribution in [0.4, 0.5) is 4.39 Å². The number of aromatic nitrogens is 1. The molecule has 1 atom stereocenters. The number of nitriles is 2. The molecule has 2 aromatic rings. The Kier molecular flexibility index (Phi) is 5.08. The molecule has 0 spiro atoms. The lowest BCUT2D eigenvalue weighted by Crippen LogP contribution is -2.35. The molecule has 1 aliphatic rings. The number of halogens is 1. The third-order valence-corrected chi connectivity index (χ3v) is 5.03. The summed E-state index contributed by atoms with van der Waals surface area (Å²) in [4.78, 5) is 12.8. The van der Waals surface area contributed by atoms with Gasteiger partial charge in [0.05, 0.1) is 17.2 Å². The molecule has 1 saturated heterocycles. The number of hydrogen-bond acceptors (Lipinski definition) is 5. The van der Waals surface area contributed by atoms with Gasteiger partial charge in [-0.1, -0.05) is 12.1 Å². The van der Waals surface area contributed by atoms with Crippen LogP contribution in [0.3, 0.4) is 0 Å². The zero-order valence-electron chi connectivity index (χ0n) is 13.2. The van der Waals surface area contributed by atoms with E-state index >= 15 is 0 Å². The molecule has 7 heteroatoms. The van der Waals surface area contributed by atoms with Crippen molar-refractivity contribution in [3.8, 4) is 12.1 Å². The van der Waals surface area contributed by atoms with E-state index in [1.54, 1.807) is 18.2 Å². The van der Waals surface area contributed by atoms with Crippen molar-refractivity contribution in [2.24, 2.45) is 0 Å². The fourth-order valence-corrected chi connectivity index (χ4v) is 3.79. The van der Waals surface area contributed by atoms with E-state index in [0.29, 0.717) is 27.9 Å². The van der Waals surface area contributed by atoms with Crippen LogP contribution in [-0.4, -0.2) is 17.3 Å². The van der Waals surface area contributed by atoms with E-state index in [2.05, 4.69) is 0 Å². The lowest BCUT2D eigenvalue weighted by atomic mass is 10.2. The number of rotatable bonds is 3. The first-order chi connectivity index (χ1) is 12.1. The molecule has 1 aromatic heterocycles. The molecule has 126 valence electrons. The maximum absolute atomic E-state index is 13.4. The van der Waals surface area contributed by atoms with Gasteiger partial charge in [0.25, 0.3) is 5.56 Å². The molecular weight excluding hydrogens is 341 g/mol. The van der Waals surface area contributed by atoms with Crippen molar-refractivity contribution in [3.05, 3.63) is 55.2 Å². The highest BCUT2D eigenvalue weighted by Crippen LogP contribution is 2.12. The first kappa shape index (κ1) is 17.1. The van der Waals surface area contributed by atoms with Crippen LogP contribution in [0.5, 0.6) is 0 Å². The third kappa shape index (κ3) is 3.69. The fraction of sp³-hybridized carbons (Fsp3) is 0.278. The Bertz CT molecular complexity index is 1030. The SMILES string of the molecule is N#CC(C#N)=c1sc(=Cc2cccc(F)c2)c(=O)n1CC1CCCO1. The monoisotopic (exact) mass is 355 g/mol. The summed E-state index contributed by atoms with van der Waals surface area (Å²) in [5, 5.41) is 18.4. The van der Waals surface area contributed by atoms with Gasteiger partial charge in [-0.2, -0.15) is 10.5 Å². The molecular formula is C18H14FN3O2S. The van der Waals surface area contributed by atoms with Crippen LogP contribution >= 0.6 is 11.3 Å². The fourth-order valence-electron chi connectivity index (χ4n) is 2.73. The van der Waals surface area contributed by atoms with Gasteiger partial charge in [0.15, 0.2) is 5.57 Å². The van der Waals surface area contributed by atoms with Gasteiger partial charge >= 0.3 is 0 Å². The lowest BCUT2D eigenvalue weighted by Gasteiger charge is -2.09. The van der Waals surface area contributed by atoms with Gasteiger partial charge in [-0.25, -0.2) is 4.39 Å². The van der Waals surface area contributed by atoms with E-state index in [9.17, 15) is 19.7 Å². The first-order valence-corrected chi connectivity index (χ1v) is 8.57. The average Bonchev–Trinajstić information content (AvgIpc) is 3.21. The Labute approximate surface area is 147 Å². The summed E-state index contributed by atoms with van der Waals surface area (Å²) in [6.45, 7) is 0.947. The highest BCUT2D eigenvalue weighted by molar-refractivity contribution is 7.07. The van der Waals surface area contributed by atoms with Gasteiger partial charge in [0.1, 0.15) is 22.6 Å². The molecule has 2 heterocycles. The van der Waals surface area contributed by atoms with E-state index in [1.165, 1.54) is 16.7 Å². The van der Waals surface area contributed by atoms with Crippen LogP contribution in [0.1, 0.15) is 18.4 Å². The molecule has 1 unspecified atom stereocenters. The maximum atomic E-state index is 13.4. The summed E-state index contributed by atoms with van der Waals surface area (Å²) in [6.07, 6.45) is 3.22. The minimum absolute atomic E-state index is 0.105. The number of thiazole rings is 1. The van der Waals surface area contributed by atoms with Crippen molar-refractivity contribution in [2.45, 2.75) is 25.5 Å². The minimum atomic E-state index is -0.397. The summed E-state index contributed by atoms with van der Waals surface area (Å²) in [5.74, 6) is -0.397. The van der Waals surface area contributed by atoms with Gasteiger partial charge in [-0.05, 0) is 36.6 Å². The van der Waals surface area contributed by atoms with Crippen molar-refractivity contribution in [1.82, 2.24) is 4.57 Å². The van der Waals surface area contributed by atoms with Crippen LogP contribution < -0.4 is 14.8 Å². The quantitative estimate of drug-likeness (QED) is 0.830. The van der Waals surface area contributed by atoms with Crippen LogP contribution in [0.15, 0.2) is 29.1 Å². The van der Waals surface area contributed by atoms with Gasteiger partial charge in [-0.3, -0.25) is 9.36 Å². The van der Waals surface area contributed by atoms with Gasteiger partial charge in [-0.15, -0.1) is 11.3 Å². The second-order valence-corrected chi connectivity index (χ2v) is 6.65. The van der Waals surface area contributed by atoms with Gasteiger partial charge in [0, 0.05) is 6.61 Å². The summed E-state index contributed by atoms with van der Waals surface area (Å²) >= 11 is 1.06. The molecule has 1 aromatic carbocycles. The largest absolute Gasteiger partial charge is 0.376 e. The zero-order chi connectivity index (χ0) is 17.8. The Balaban J connectivity index is 2.19. The predicted octanol–water partition coefficient (Wildman–Crippen LogP) is 1.25. The van der Waals surface area contributed by atoms with Crippen LogP contribution in [-0.2, 0) is 11.3 Å². The Hall–Kier alpha value is -2.74. The number of benzene rings is 1. The normalized spacial score (nSPS) is 17.2. The minimum Gasteiger partial charge on any atom is -0.376 e. The van der Waals surface area contributed by atoms with Gasteiger partial charge < -0.3 is 4.74 Å².